The average molecular weight is 201 g/mol. The highest BCUT2D eigenvalue weighted by atomic mass is 16.5. The minimum atomic E-state index is -1.03. The van der Waals surface area contributed by atoms with Crippen molar-refractivity contribution in [3.05, 3.63) is 12.2 Å². The first-order valence-electron chi connectivity index (χ1n) is 4.24. The predicted molar refractivity (Wildman–Crippen MR) is 50.9 cm³/mol. The molecule has 0 aromatic carbocycles. The van der Waals surface area contributed by atoms with Gasteiger partial charge in [-0.05, 0) is 13.0 Å². The maximum Gasteiger partial charge on any atom is 0.323 e. The normalized spacial score (nSPS) is 10.4. The molecule has 0 aromatic heterocycles. The van der Waals surface area contributed by atoms with E-state index >= 15 is 0 Å². The summed E-state index contributed by atoms with van der Waals surface area (Å²) in [5.41, 5.74) is 0. The van der Waals surface area contributed by atoms with Crippen molar-refractivity contribution in [2.24, 2.45) is 0 Å². The van der Waals surface area contributed by atoms with Crippen LogP contribution in [0.25, 0.3) is 0 Å². The van der Waals surface area contributed by atoms with E-state index in [1.165, 1.54) is 18.1 Å². The van der Waals surface area contributed by atoms with Crippen molar-refractivity contribution in [2.75, 3.05) is 26.8 Å². The summed E-state index contributed by atoms with van der Waals surface area (Å²) in [7, 11) is 1.50. The number of nitrogens with zero attached hydrogens (tertiary/aromatic N) is 1. The van der Waals surface area contributed by atoms with Crippen LogP contribution >= 0.6 is 0 Å². The Kier molecular flexibility index (Phi) is 6.39. The van der Waals surface area contributed by atoms with E-state index in [4.69, 9.17) is 9.84 Å². The van der Waals surface area contributed by atoms with Crippen molar-refractivity contribution in [3.63, 3.8) is 0 Å². The summed E-state index contributed by atoms with van der Waals surface area (Å²) >= 11 is 0. The number of amides is 1. The Hall–Kier alpha value is -1.36. The van der Waals surface area contributed by atoms with E-state index in [0.29, 0.717) is 6.61 Å². The molecule has 0 saturated heterocycles. The number of aliphatic carboxylic acids is 1. The van der Waals surface area contributed by atoms with Crippen molar-refractivity contribution in [1.29, 1.82) is 0 Å². The average Bonchev–Trinajstić information content (AvgIpc) is 2.12. The van der Waals surface area contributed by atoms with E-state index in [1.54, 1.807) is 13.0 Å². The zero-order valence-corrected chi connectivity index (χ0v) is 8.40. The van der Waals surface area contributed by atoms with Gasteiger partial charge in [0.05, 0.1) is 6.61 Å². The van der Waals surface area contributed by atoms with Gasteiger partial charge in [0.15, 0.2) is 0 Å². The molecule has 0 fully saturated rings. The second-order valence-corrected chi connectivity index (χ2v) is 2.65. The van der Waals surface area contributed by atoms with Crippen LogP contribution in [0.4, 0.5) is 0 Å². The molecule has 0 heterocycles. The number of carboxylic acid groups (broad SMARTS) is 1. The van der Waals surface area contributed by atoms with Crippen LogP contribution in [0.1, 0.15) is 6.92 Å². The second kappa shape index (κ2) is 7.08. The molecule has 0 radical (unpaired) electrons. The Labute approximate surface area is 83.0 Å². The second-order valence-electron chi connectivity index (χ2n) is 2.65. The number of hydrogen-bond acceptors (Lipinski definition) is 3. The fourth-order valence-corrected chi connectivity index (χ4v) is 0.880. The highest BCUT2D eigenvalue weighted by molar-refractivity contribution is 5.89. The van der Waals surface area contributed by atoms with Crippen LogP contribution in [0.2, 0.25) is 0 Å². The lowest BCUT2D eigenvalue weighted by molar-refractivity contribution is -0.143. The number of allylic oxidation sites excluding steroid dienone is 1. The number of methoxy groups -OCH3 is 1. The molecule has 1 N–H and O–H groups in total. The zero-order chi connectivity index (χ0) is 11.0. The van der Waals surface area contributed by atoms with Crippen LogP contribution in [-0.4, -0.2) is 48.7 Å². The summed E-state index contributed by atoms with van der Waals surface area (Å²) in [6.07, 6.45) is 2.91. The molecule has 0 atom stereocenters. The fraction of sp³-hybridized carbons (Fsp3) is 0.556. The fourth-order valence-electron chi connectivity index (χ4n) is 0.880. The Bertz CT molecular complexity index is 225. The molecule has 0 saturated carbocycles. The Morgan fingerprint density at radius 2 is 2.14 bits per heavy atom. The third-order valence-corrected chi connectivity index (χ3v) is 1.51. The summed E-state index contributed by atoms with van der Waals surface area (Å²) < 4.78 is 4.77. The Morgan fingerprint density at radius 1 is 1.50 bits per heavy atom. The number of ether oxygens (including phenoxy) is 1. The molecule has 0 rings (SSSR count). The molecular formula is C9H15NO4. The van der Waals surface area contributed by atoms with Crippen LogP contribution < -0.4 is 0 Å². The summed E-state index contributed by atoms with van der Waals surface area (Å²) in [5, 5.41) is 8.54. The van der Waals surface area contributed by atoms with Gasteiger partial charge in [0.2, 0.25) is 5.91 Å². The third-order valence-electron chi connectivity index (χ3n) is 1.51. The van der Waals surface area contributed by atoms with Gasteiger partial charge in [-0.25, -0.2) is 0 Å². The topological polar surface area (TPSA) is 66.8 Å². The maximum atomic E-state index is 11.3. The van der Waals surface area contributed by atoms with Gasteiger partial charge >= 0.3 is 5.97 Å². The van der Waals surface area contributed by atoms with Crippen molar-refractivity contribution in [2.45, 2.75) is 6.92 Å². The maximum absolute atomic E-state index is 11.3. The van der Waals surface area contributed by atoms with E-state index in [2.05, 4.69) is 0 Å². The van der Waals surface area contributed by atoms with E-state index in [0.717, 1.165) is 0 Å². The summed E-state index contributed by atoms with van der Waals surface area (Å²) in [4.78, 5) is 22.9. The smallest absolute Gasteiger partial charge is 0.323 e. The van der Waals surface area contributed by atoms with Gasteiger partial charge in [-0.15, -0.1) is 0 Å². The zero-order valence-electron chi connectivity index (χ0n) is 8.40. The number of carbonyl (C=O) groups excluding carboxylic acids is 1. The highest BCUT2D eigenvalue weighted by Gasteiger charge is 2.13. The standard InChI is InChI=1S/C9H15NO4/c1-3-4-8(11)10(5-6-14-2)7-9(12)13/h3-4H,5-7H2,1-2H3,(H,12,13)/b4-3+. The van der Waals surface area contributed by atoms with E-state index in [9.17, 15) is 9.59 Å². The lowest BCUT2D eigenvalue weighted by Crippen LogP contribution is -2.36. The lowest BCUT2D eigenvalue weighted by Gasteiger charge is -2.18. The molecule has 0 aromatic rings. The van der Waals surface area contributed by atoms with Crippen molar-refractivity contribution < 1.29 is 19.4 Å². The first kappa shape index (κ1) is 12.6. The minimum absolute atomic E-state index is 0.284. The van der Waals surface area contributed by atoms with Crippen molar-refractivity contribution in [1.82, 2.24) is 4.90 Å². The molecule has 0 unspecified atom stereocenters. The van der Waals surface area contributed by atoms with Gasteiger partial charge in [0, 0.05) is 13.7 Å². The molecular weight excluding hydrogens is 186 g/mol. The van der Waals surface area contributed by atoms with E-state index in [1.807, 2.05) is 0 Å². The first-order chi connectivity index (χ1) is 6.61. The predicted octanol–water partition coefficient (Wildman–Crippen LogP) is 0.122. The van der Waals surface area contributed by atoms with Crippen molar-refractivity contribution in [3.8, 4) is 0 Å². The molecule has 0 aliphatic carbocycles. The van der Waals surface area contributed by atoms with Crippen molar-refractivity contribution >= 4 is 11.9 Å². The van der Waals surface area contributed by atoms with Gasteiger partial charge in [-0.3, -0.25) is 9.59 Å². The summed E-state index contributed by atoms with van der Waals surface area (Å²) in [6.45, 7) is 2.02. The summed E-state index contributed by atoms with van der Waals surface area (Å²) in [5.74, 6) is -1.34. The Balaban J connectivity index is 4.22. The third kappa shape index (κ3) is 5.31. The van der Waals surface area contributed by atoms with Gasteiger partial charge < -0.3 is 14.7 Å². The molecule has 0 bridgehead atoms. The van der Waals surface area contributed by atoms with Gasteiger partial charge in [0.1, 0.15) is 6.54 Å². The Morgan fingerprint density at radius 3 is 2.57 bits per heavy atom. The SMILES string of the molecule is C/C=C/C(=O)N(CCOC)CC(=O)O. The number of carbonyl (C=O) groups is 2. The molecule has 5 nitrogen and oxygen atoms in total. The number of hydrogen-bond donors (Lipinski definition) is 1. The molecule has 14 heavy (non-hydrogen) atoms. The number of carboxylic acids is 1. The quantitative estimate of drug-likeness (QED) is 0.620. The highest BCUT2D eigenvalue weighted by Crippen LogP contribution is 1.92. The lowest BCUT2D eigenvalue weighted by atomic mass is 10.4. The van der Waals surface area contributed by atoms with E-state index in [-0.39, 0.29) is 19.0 Å². The van der Waals surface area contributed by atoms with Gasteiger partial charge in [-0.1, -0.05) is 6.08 Å². The molecule has 0 aliphatic heterocycles. The summed E-state index contributed by atoms with van der Waals surface area (Å²) in [6, 6.07) is 0. The largest absolute Gasteiger partial charge is 0.480 e. The molecule has 0 aliphatic rings. The van der Waals surface area contributed by atoms with Gasteiger partial charge in [-0.2, -0.15) is 0 Å². The van der Waals surface area contributed by atoms with Crippen LogP contribution in [0, 0.1) is 0 Å². The van der Waals surface area contributed by atoms with E-state index < -0.39 is 5.97 Å². The van der Waals surface area contributed by atoms with Crippen LogP contribution in [0.5, 0.6) is 0 Å². The molecule has 0 spiro atoms. The molecule has 80 valence electrons. The van der Waals surface area contributed by atoms with Crippen LogP contribution in [0.3, 0.4) is 0 Å². The number of rotatable bonds is 6. The first-order valence-corrected chi connectivity index (χ1v) is 4.24. The monoisotopic (exact) mass is 201 g/mol. The molecule has 5 heteroatoms. The van der Waals surface area contributed by atoms with Gasteiger partial charge in [0.25, 0.3) is 0 Å². The molecule has 1 amide bonds. The van der Waals surface area contributed by atoms with Crippen LogP contribution in [0.15, 0.2) is 12.2 Å². The van der Waals surface area contributed by atoms with Crippen LogP contribution in [-0.2, 0) is 14.3 Å². The minimum Gasteiger partial charge on any atom is -0.480 e.